The second kappa shape index (κ2) is 5.17. The van der Waals surface area contributed by atoms with Gasteiger partial charge in [-0.15, -0.1) is 0 Å². The van der Waals surface area contributed by atoms with Gasteiger partial charge in [0.1, 0.15) is 0 Å². The lowest BCUT2D eigenvalue weighted by Crippen LogP contribution is -2.49. The molecule has 0 amide bonds. The van der Waals surface area contributed by atoms with Crippen molar-refractivity contribution in [3.63, 3.8) is 0 Å². The normalized spacial score (nSPS) is 26.8. The van der Waals surface area contributed by atoms with Gasteiger partial charge in [0.2, 0.25) is 0 Å². The smallest absolute Gasteiger partial charge is 0.198 e. The van der Waals surface area contributed by atoms with Gasteiger partial charge in [0.05, 0.1) is 6.61 Å². The number of rotatable bonds is 3. The maximum atomic E-state index is 12.2. The molecule has 0 aromatic heterocycles. The van der Waals surface area contributed by atoms with Crippen molar-refractivity contribution in [2.24, 2.45) is 11.8 Å². The van der Waals surface area contributed by atoms with Gasteiger partial charge < -0.3 is 4.43 Å². The molecule has 1 aliphatic carbocycles. The minimum Gasteiger partial charge on any atom is -0.412 e. The number of Topliss-reactive ketones (excluding diaryl/α,β-unsaturated/α-hetero) is 1. The Kier molecular flexibility index (Phi) is 4.08. The van der Waals surface area contributed by atoms with Crippen LogP contribution in [0.3, 0.4) is 0 Å². The molecule has 0 aromatic carbocycles. The number of carbonyl (C=O) groups is 1. The van der Waals surface area contributed by atoms with Crippen LogP contribution >= 0.6 is 0 Å². The summed E-state index contributed by atoms with van der Waals surface area (Å²) < 4.78 is 6.46. The number of carbonyl (C=O) groups excluding carboxylic acids is 1. The van der Waals surface area contributed by atoms with Crippen LogP contribution in [0.15, 0.2) is 11.1 Å². The van der Waals surface area contributed by atoms with Crippen LogP contribution in [0.25, 0.3) is 0 Å². The van der Waals surface area contributed by atoms with E-state index in [0.29, 0.717) is 28.7 Å². The van der Waals surface area contributed by atoms with Crippen molar-refractivity contribution in [2.45, 2.75) is 65.1 Å². The summed E-state index contributed by atoms with van der Waals surface area (Å²) in [5, 5.41) is 0. The number of hydrogen-bond acceptors (Lipinski definition) is 2. The van der Waals surface area contributed by atoms with Crippen molar-refractivity contribution in [3.05, 3.63) is 11.1 Å². The lowest BCUT2D eigenvalue weighted by Gasteiger charge is -2.44. The molecule has 108 valence electrons. The second-order valence-corrected chi connectivity index (χ2v) is 12.1. The number of allylic oxidation sites excluding steroid dienone is 1. The van der Waals surface area contributed by atoms with Gasteiger partial charge in [-0.05, 0) is 40.1 Å². The van der Waals surface area contributed by atoms with Gasteiger partial charge in [0, 0.05) is 6.42 Å². The largest absolute Gasteiger partial charge is 0.412 e. The van der Waals surface area contributed by atoms with E-state index in [4.69, 9.17) is 4.43 Å². The van der Waals surface area contributed by atoms with E-state index in [-0.39, 0.29) is 0 Å². The topological polar surface area (TPSA) is 26.3 Å². The summed E-state index contributed by atoms with van der Waals surface area (Å²) in [4.78, 5) is 12.2. The van der Waals surface area contributed by atoms with Crippen LogP contribution in [-0.2, 0) is 9.22 Å². The van der Waals surface area contributed by atoms with Crippen LogP contribution in [0.1, 0.15) is 48.0 Å². The monoisotopic (exact) mass is 280 g/mol. The highest BCUT2D eigenvalue weighted by Gasteiger charge is 2.50. The maximum absolute atomic E-state index is 12.2. The van der Waals surface area contributed by atoms with Gasteiger partial charge >= 0.3 is 0 Å². The first kappa shape index (κ1) is 15.0. The lowest BCUT2D eigenvalue weighted by atomic mass is 9.97. The highest BCUT2D eigenvalue weighted by molar-refractivity contribution is 6.76. The lowest BCUT2D eigenvalue weighted by molar-refractivity contribution is -0.115. The van der Waals surface area contributed by atoms with E-state index >= 15 is 0 Å². The first-order chi connectivity index (χ1) is 8.79. The van der Waals surface area contributed by atoms with E-state index in [0.717, 1.165) is 24.6 Å². The molecule has 0 bridgehead atoms. The average molecular weight is 280 g/mol. The molecule has 0 N–H and O–H groups in total. The highest BCUT2D eigenvalue weighted by atomic mass is 28.4. The van der Waals surface area contributed by atoms with Crippen LogP contribution < -0.4 is 0 Å². The minimum atomic E-state index is -1.70. The van der Waals surface area contributed by atoms with Gasteiger partial charge in [-0.2, -0.15) is 0 Å². The third kappa shape index (κ3) is 2.36. The first-order valence-electron chi connectivity index (χ1n) is 7.69. The molecule has 1 heterocycles. The van der Waals surface area contributed by atoms with E-state index in [1.54, 1.807) is 0 Å². The predicted molar refractivity (Wildman–Crippen MR) is 81.7 cm³/mol. The van der Waals surface area contributed by atoms with E-state index < -0.39 is 8.32 Å². The Labute approximate surface area is 118 Å². The van der Waals surface area contributed by atoms with Crippen LogP contribution in [0.2, 0.25) is 17.1 Å². The molecule has 1 aliphatic heterocycles. The van der Waals surface area contributed by atoms with Crippen molar-refractivity contribution in [2.75, 3.05) is 6.61 Å². The fourth-order valence-electron chi connectivity index (χ4n) is 4.07. The molecular formula is C16H28O2Si. The van der Waals surface area contributed by atoms with Gasteiger partial charge in [0.25, 0.3) is 0 Å². The molecule has 2 aliphatic rings. The molecule has 1 unspecified atom stereocenters. The predicted octanol–water partition coefficient (Wildman–Crippen LogP) is 4.32. The maximum Gasteiger partial charge on any atom is 0.198 e. The highest BCUT2D eigenvalue weighted by Crippen LogP contribution is 2.49. The molecule has 1 saturated heterocycles. The Morgan fingerprint density at radius 2 is 1.68 bits per heavy atom. The molecule has 0 radical (unpaired) electrons. The SMILES string of the molecule is CC(C)C1=C2CO[Si](C(C)C)(C(C)C)CC2CC1=O. The zero-order chi connectivity index (χ0) is 14.4. The summed E-state index contributed by atoms with van der Waals surface area (Å²) in [7, 11) is -1.70. The van der Waals surface area contributed by atoms with E-state index in [1.165, 1.54) is 5.57 Å². The number of ketones is 1. The zero-order valence-electron chi connectivity index (χ0n) is 13.2. The van der Waals surface area contributed by atoms with Crippen LogP contribution in [0.5, 0.6) is 0 Å². The Morgan fingerprint density at radius 1 is 1.11 bits per heavy atom. The summed E-state index contributed by atoms with van der Waals surface area (Å²) in [5.74, 6) is 1.23. The van der Waals surface area contributed by atoms with Crippen LogP contribution in [-0.4, -0.2) is 20.7 Å². The molecular weight excluding hydrogens is 252 g/mol. The fourth-order valence-corrected chi connectivity index (χ4v) is 8.71. The Bertz CT molecular complexity index is 399. The Hall–Kier alpha value is -0.413. The summed E-state index contributed by atoms with van der Waals surface area (Å²) in [6.07, 6.45) is 0.750. The van der Waals surface area contributed by atoms with E-state index in [1.807, 2.05) is 0 Å². The summed E-state index contributed by atoms with van der Waals surface area (Å²) in [6, 6.07) is 1.15. The molecule has 0 spiro atoms. The van der Waals surface area contributed by atoms with Gasteiger partial charge in [-0.25, -0.2) is 0 Å². The van der Waals surface area contributed by atoms with Crippen molar-refractivity contribution in [1.82, 2.24) is 0 Å². The molecule has 1 atom stereocenters. The third-order valence-corrected chi connectivity index (χ3v) is 10.9. The average Bonchev–Trinajstić information content (AvgIpc) is 2.62. The molecule has 19 heavy (non-hydrogen) atoms. The zero-order valence-corrected chi connectivity index (χ0v) is 14.2. The van der Waals surface area contributed by atoms with Crippen molar-refractivity contribution < 1.29 is 9.22 Å². The molecule has 0 aromatic rings. The number of fused-ring (bicyclic) bond motifs is 1. The summed E-state index contributed by atoms with van der Waals surface area (Å²) in [6.45, 7) is 14.2. The van der Waals surface area contributed by atoms with Gasteiger partial charge in [0.15, 0.2) is 14.1 Å². The Balaban J connectivity index is 2.31. The molecule has 3 heteroatoms. The quantitative estimate of drug-likeness (QED) is 0.720. The van der Waals surface area contributed by atoms with Crippen molar-refractivity contribution in [3.8, 4) is 0 Å². The number of hydrogen-bond donors (Lipinski definition) is 0. The molecule has 2 nitrogen and oxygen atoms in total. The first-order valence-corrected chi connectivity index (χ1v) is 9.96. The molecule has 1 fully saturated rings. The van der Waals surface area contributed by atoms with Gasteiger partial charge in [-0.3, -0.25) is 4.79 Å². The minimum absolute atomic E-state index is 0.350. The fraction of sp³-hybridized carbons (Fsp3) is 0.812. The summed E-state index contributed by atoms with van der Waals surface area (Å²) >= 11 is 0. The second-order valence-electron chi connectivity index (χ2n) is 7.17. The van der Waals surface area contributed by atoms with Crippen LogP contribution in [0.4, 0.5) is 0 Å². The van der Waals surface area contributed by atoms with E-state index in [2.05, 4.69) is 41.5 Å². The molecule has 0 saturated carbocycles. The summed E-state index contributed by atoms with van der Waals surface area (Å²) in [5.41, 5.74) is 3.68. The van der Waals surface area contributed by atoms with Crippen molar-refractivity contribution in [1.29, 1.82) is 0 Å². The standard InChI is InChI=1S/C16H28O2Si/c1-10(2)16-14-8-18-19(11(3)4,12(5)6)9-13(14)7-15(16)17/h10-13H,7-9H2,1-6H3. The third-order valence-electron chi connectivity index (χ3n) is 5.16. The van der Waals surface area contributed by atoms with Crippen molar-refractivity contribution >= 4 is 14.1 Å². The van der Waals surface area contributed by atoms with Crippen LogP contribution in [0, 0.1) is 11.8 Å². The Morgan fingerprint density at radius 3 is 2.16 bits per heavy atom. The molecule has 2 rings (SSSR count). The van der Waals surface area contributed by atoms with E-state index in [9.17, 15) is 4.79 Å². The van der Waals surface area contributed by atoms with Gasteiger partial charge in [-0.1, -0.05) is 41.5 Å².